The van der Waals surface area contributed by atoms with Crippen molar-refractivity contribution in [2.24, 2.45) is 5.92 Å². The number of furan rings is 1. The lowest BCUT2D eigenvalue weighted by Crippen LogP contribution is -2.42. The van der Waals surface area contributed by atoms with E-state index in [-0.39, 0.29) is 33.9 Å². The van der Waals surface area contributed by atoms with Crippen molar-refractivity contribution >= 4 is 34.7 Å². The summed E-state index contributed by atoms with van der Waals surface area (Å²) in [7, 11) is 1.27. The van der Waals surface area contributed by atoms with Crippen LogP contribution in [0.5, 0.6) is 0 Å². The summed E-state index contributed by atoms with van der Waals surface area (Å²) in [6.07, 6.45) is 3.75. The van der Waals surface area contributed by atoms with Crippen LogP contribution in [-0.4, -0.2) is 46.6 Å². The van der Waals surface area contributed by atoms with E-state index in [2.05, 4.69) is 10.3 Å². The molecule has 0 saturated heterocycles. The summed E-state index contributed by atoms with van der Waals surface area (Å²) in [6.45, 7) is 6.04. The van der Waals surface area contributed by atoms with Crippen molar-refractivity contribution in [1.29, 1.82) is 0 Å². The van der Waals surface area contributed by atoms with Gasteiger partial charge in [-0.3, -0.25) is 14.2 Å². The molecule has 2 heterocycles. The van der Waals surface area contributed by atoms with Crippen LogP contribution in [-0.2, 0) is 16.1 Å². The molecule has 9 heteroatoms. The minimum atomic E-state index is -0.797. The Hall–Kier alpha value is -2.29. The number of fused-ring (bicyclic) bond motifs is 1. The van der Waals surface area contributed by atoms with Crippen LogP contribution in [0.25, 0.3) is 11.1 Å². The summed E-state index contributed by atoms with van der Waals surface area (Å²) >= 11 is 1.56. The van der Waals surface area contributed by atoms with E-state index in [0.29, 0.717) is 18.7 Å². The number of esters is 1. The Labute approximate surface area is 161 Å². The minimum Gasteiger partial charge on any atom is -0.467 e. The van der Waals surface area contributed by atoms with Gasteiger partial charge in [-0.1, -0.05) is 13.8 Å². The number of carbonyl (C=O) groups is 2. The Balaban J connectivity index is 2.43. The quantitative estimate of drug-likeness (QED) is 0.682. The fourth-order valence-electron chi connectivity index (χ4n) is 2.79. The Kier molecular flexibility index (Phi) is 7.06. The summed E-state index contributed by atoms with van der Waals surface area (Å²) in [6, 6.07) is -0.797. The van der Waals surface area contributed by atoms with E-state index in [4.69, 9.17) is 9.15 Å². The number of thioether (sulfide) groups is 1. The molecule has 2 aromatic rings. The third-order valence-corrected chi connectivity index (χ3v) is 4.69. The summed E-state index contributed by atoms with van der Waals surface area (Å²) in [5.74, 6) is 0.112. The number of ether oxygens (including phenoxy) is 1. The standard InChI is InChI=1S/C18H25N3O5S/c1-10(2)8-21-9-19-16-14(17(21)23)13(11(3)26-16)15(22)20-12(6-7-27-5)18(24)25-4/h9-10,12H,6-8H2,1-5H3,(H,20,22)/t12-/m1/s1. The molecular weight excluding hydrogens is 370 g/mol. The van der Waals surface area contributed by atoms with Crippen molar-refractivity contribution in [3.05, 3.63) is 28.0 Å². The van der Waals surface area contributed by atoms with Crippen LogP contribution in [0.4, 0.5) is 0 Å². The molecular formula is C18H25N3O5S. The first-order valence-corrected chi connectivity index (χ1v) is 10.1. The Morgan fingerprint density at radius 3 is 2.70 bits per heavy atom. The maximum Gasteiger partial charge on any atom is 0.328 e. The monoisotopic (exact) mass is 395 g/mol. The zero-order chi connectivity index (χ0) is 20.1. The molecule has 0 aliphatic rings. The average Bonchev–Trinajstić information content (AvgIpc) is 2.96. The highest BCUT2D eigenvalue weighted by molar-refractivity contribution is 7.98. The molecule has 2 aromatic heterocycles. The van der Waals surface area contributed by atoms with Crippen LogP contribution in [0.1, 0.15) is 36.4 Å². The van der Waals surface area contributed by atoms with E-state index in [1.807, 2.05) is 20.1 Å². The molecule has 8 nitrogen and oxygen atoms in total. The van der Waals surface area contributed by atoms with Crippen LogP contribution in [0, 0.1) is 12.8 Å². The minimum absolute atomic E-state index is 0.110. The molecule has 148 valence electrons. The maximum atomic E-state index is 12.9. The molecule has 1 N–H and O–H groups in total. The number of nitrogens with zero attached hydrogens (tertiary/aromatic N) is 2. The Bertz CT molecular complexity index is 887. The van der Waals surface area contributed by atoms with Gasteiger partial charge in [-0.15, -0.1) is 0 Å². The van der Waals surface area contributed by atoms with Gasteiger partial charge in [-0.05, 0) is 31.3 Å². The number of hydrogen-bond donors (Lipinski definition) is 1. The number of nitrogens with one attached hydrogen (secondary N) is 1. The molecule has 0 aromatic carbocycles. The lowest BCUT2D eigenvalue weighted by atomic mass is 10.1. The smallest absolute Gasteiger partial charge is 0.328 e. The number of aryl methyl sites for hydroxylation is 1. The summed E-state index contributed by atoms with van der Waals surface area (Å²) in [5.41, 5.74) is -0.116. The van der Waals surface area contributed by atoms with Crippen LogP contribution in [0.15, 0.2) is 15.5 Å². The average molecular weight is 395 g/mol. The van der Waals surface area contributed by atoms with E-state index in [1.165, 1.54) is 18.0 Å². The predicted molar refractivity (Wildman–Crippen MR) is 104 cm³/mol. The van der Waals surface area contributed by atoms with Gasteiger partial charge in [0.25, 0.3) is 11.5 Å². The van der Waals surface area contributed by atoms with Crippen molar-refractivity contribution in [3.63, 3.8) is 0 Å². The van der Waals surface area contributed by atoms with Gasteiger partial charge in [0.2, 0.25) is 5.71 Å². The molecule has 0 unspecified atom stereocenters. The molecule has 27 heavy (non-hydrogen) atoms. The number of carbonyl (C=O) groups excluding carboxylic acids is 2. The van der Waals surface area contributed by atoms with E-state index < -0.39 is 17.9 Å². The summed E-state index contributed by atoms with van der Waals surface area (Å²) in [5, 5.41) is 2.79. The third kappa shape index (κ3) is 4.71. The normalized spacial score (nSPS) is 12.4. The van der Waals surface area contributed by atoms with E-state index in [9.17, 15) is 14.4 Å². The fraction of sp³-hybridized carbons (Fsp3) is 0.556. The first kappa shape index (κ1) is 21.0. The van der Waals surface area contributed by atoms with E-state index in [1.54, 1.807) is 18.7 Å². The van der Waals surface area contributed by atoms with Gasteiger partial charge in [0, 0.05) is 6.54 Å². The van der Waals surface area contributed by atoms with E-state index >= 15 is 0 Å². The molecule has 0 fully saturated rings. The van der Waals surface area contributed by atoms with Crippen molar-refractivity contribution < 1.29 is 18.7 Å². The number of amides is 1. The second-order valence-corrected chi connectivity index (χ2v) is 7.63. The molecule has 0 saturated carbocycles. The second-order valence-electron chi connectivity index (χ2n) is 6.64. The fourth-order valence-corrected chi connectivity index (χ4v) is 3.26. The lowest BCUT2D eigenvalue weighted by Gasteiger charge is -2.16. The molecule has 0 aliphatic heterocycles. The summed E-state index contributed by atoms with van der Waals surface area (Å²) < 4.78 is 11.7. The van der Waals surface area contributed by atoms with Crippen molar-refractivity contribution in [2.75, 3.05) is 19.1 Å². The number of aromatic nitrogens is 2. The number of methoxy groups -OCH3 is 1. The first-order valence-electron chi connectivity index (χ1n) is 8.66. The largest absolute Gasteiger partial charge is 0.467 e. The van der Waals surface area contributed by atoms with Gasteiger partial charge < -0.3 is 14.5 Å². The van der Waals surface area contributed by atoms with Crippen LogP contribution in [0.2, 0.25) is 0 Å². The molecule has 1 amide bonds. The Morgan fingerprint density at radius 2 is 2.11 bits per heavy atom. The summed E-state index contributed by atoms with van der Waals surface area (Å²) in [4.78, 5) is 41.8. The van der Waals surface area contributed by atoms with Crippen molar-refractivity contribution in [2.45, 2.75) is 39.8 Å². The number of rotatable bonds is 8. The lowest BCUT2D eigenvalue weighted by molar-refractivity contribution is -0.142. The van der Waals surface area contributed by atoms with E-state index in [0.717, 1.165) is 0 Å². The predicted octanol–water partition coefficient (Wildman–Crippen LogP) is 1.98. The zero-order valence-electron chi connectivity index (χ0n) is 16.2. The molecule has 0 spiro atoms. The zero-order valence-corrected chi connectivity index (χ0v) is 17.0. The van der Waals surface area contributed by atoms with Crippen LogP contribution < -0.4 is 10.9 Å². The van der Waals surface area contributed by atoms with Crippen LogP contribution in [0.3, 0.4) is 0 Å². The van der Waals surface area contributed by atoms with Gasteiger partial charge in [-0.2, -0.15) is 11.8 Å². The molecule has 2 rings (SSSR count). The first-order chi connectivity index (χ1) is 12.8. The molecule has 0 bridgehead atoms. The van der Waals surface area contributed by atoms with Crippen LogP contribution >= 0.6 is 11.8 Å². The molecule has 0 aliphatic carbocycles. The van der Waals surface area contributed by atoms with Gasteiger partial charge in [0.05, 0.1) is 12.7 Å². The van der Waals surface area contributed by atoms with Gasteiger partial charge in [0.15, 0.2) is 0 Å². The SMILES string of the molecule is COC(=O)[C@@H](CCSC)NC(=O)c1c(C)oc2ncn(CC(C)C)c(=O)c12. The maximum absolute atomic E-state index is 12.9. The molecule has 1 atom stereocenters. The number of hydrogen-bond acceptors (Lipinski definition) is 7. The highest BCUT2D eigenvalue weighted by Gasteiger charge is 2.27. The van der Waals surface area contributed by atoms with Crippen molar-refractivity contribution in [3.8, 4) is 0 Å². The topological polar surface area (TPSA) is 103 Å². The van der Waals surface area contributed by atoms with Gasteiger partial charge in [-0.25, -0.2) is 9.78 Å². The van der Waals surface area contributed by atoms with Crippen molar-refractivity contribution in [1.82, 2.24) is 14.9 Å². The second kappa shape index (κ2) is 9.07. The van der Waals surface area contributed by atoms with Gasteiger partial charge in [0.1, 0.15) is 23.5 Å². The third-order valence-electron chi connectivity index (χ3n) is 4.05. The highest BCUT2D eigenvalue weighted by atomic mass is 32.2. The van der Waals surface area contributed by atoms with Gasteiger partial charge >= 0.3 is 5.97 Å². The highest BCUT2D eigenvalue weighted by Crippen LogP contribution is 2.21. The Morgan fingerprint density at radius 1 is 1.41 bits per heavy atom. The molecule has 0 radical (unpaired) electrons.